The highest BCUT2D eigenvalue weighted by Crippen LogP contribution is 2.32. The van der Waals surface area contributed by atoms with Gasteiger partial charge in [0.2, 0.25) is 0 Å². The normalized spacial score (nSPS) is 11.1. The van der Waals surface area contributed by atoms with E-state index >= 15 is 0 Å². The van der Waals surface area contributed by atoms with E-state index in [0.717, 1.165) is 12.3 Å². The molecule has 144 valence electrons. The first-order chi connectivity index (χ1) is 12.6. The fraction of sp³-hybridized carbons (Fsp3) is 0.294. The fourth-order valence-electron chi connectivity index (χ4n) is 2.22. The second-order valence-corrected chi connectivity index (χ2v) is 5.41. The molecule has 0 saturated heterocycles. The highest BCUT2D eigenvalue weighted by Gasteiger charge is 2.32. The molecule has 0 fully saturated rings. The lowest BCUT2D eigenvalue weighted by Gasteiger charge is -2.12. The van der Waals surface area contributed by atoms with E-state index in [2.05, 4.69) is 20.0 Å². The molecule has 0 radical (unpaired) electrons. The number of amides is 1. The smallest absolute Gasteiger partial charge is 0.433 e. The molecule has 0 aromatic carbocycles. The largest absolute Gasteiger partial charge is 0.505 e. The molecule has 0 spiro atoms. The Kier molecular flexibility index (Phi) is 5.98. The average Bonchev–Trinajstić information content (AvgIpc) is 2.61. The second-order valence-electron chi connectivity index (χ2n) is 5.41. The zero-order chi connectivity index (χ0) is 20.2. The van der Waals surface area contributed by atoms with Gasteiger partial charge in [-0.2, -0.15) is 13.2 Å². The van der Waals surface area contributed by atoms with Gasteiger partial charge in [0.25, 0.3) is 5.91 Å². The van der Waals surface area contributed by atoms with Crippen LogP contribution in [0.4, 0.5) is 13.2 Å². The Morgan fingerprint density at radius 3 is 2.48 bits per heavy atom. The summed E-state index contributed by atoms with van der Waals surface area (Å²) in [6.07, 6.45) is -2.32. The number of carbonyl (C=O) groups is 2. The van der Waals surface area contributed by atoms with Gasteiger partial charge in [-0.1, -0.05) is 6.07 Å². The molecule has 2 rings (SSSR count). The predicted octanol–water partition coefficient (Wildman–Crippen LogP) is 2.47. The minimum Gasteiger partial charge on any atom is -0.505 e. The SMILES string of the molecule is CCOC(=O)CNC(=O)c1ncc(-c2ccc(C(F)(F)F)nc2)c(C)c1O. The molecule has 27 heavy (non-hydrogen) atoms. The first-order valence-electron chi connectivity index (χ1n) is 7.81. The predicted molar refractivity (Wildman–Crippen MR) is 87.8 cm³/mol. The van der Waals surface area contributed by atoms with E-state index in [1.807, 2.05) is 0 Å². The zero-order valence-corrected chi connectivity index (χ0v) is 14.4. The molecule has 10 heteroatoms. The monoisotopic (exact) mass is 383 g/mol. The summed E-state index contributed by atoms with van der Waals surface area (Å²) >= 11 is 0. The van der Waals surface area contributed by atoms with Crippen molar-refractivity contribution in [2.75, 3.05) is 13.2 Å². The highest BCUT2D eigenvalue weighted by atomic mass is 19.4. The van der Waals surface area contributed by atoms with Crippen LogP contribution >= 0.6 is 0 Å². The lowest BCUT2D eigenvalue weighted by Crippen LogP contribution is -2.31. The lowest BCUT2D eigenvalue weighted by atomic mass is 10.0. The number of nitrogens with zero attached hydrogens (tertiary/aromatic N) is 2. The van der Waals surface area contributed by atoms with Gasteiger partial charge < -0.3 is 15.2 Å². The molecule has 2 heterocycles. The third kappa shape index (κ3) is 4.72. The van der Waals surface area contributed by atoms with Crippen molar-refractivity contribution in [3.05, 3.63) is 41.5 Å². The Hall–Kier alpha value is -3.17. The summed E-state index contributed by atoms with van der Waals surface area (Å²) in [5.74, 6) is -1.89. The summed E-state index contributed by atoms with van der Waals surface area (Å²) in [4.78, 5) is 30.5. The Morgan fingerprint density at radius 2 is 1.93 bits per heavy atom. The van der Waals surface area contributed by atoms with Crippen LogP contribution in [0.3, 0.4) is 0 Å². The van der Waals surface area contributed by atoms with Crippen LogP contribution in [0, 0.1) is 6.92 Å². The minimum absolute atomic E-state index is 0.160. The Bertz CT molecular complexity index is 852. The minimum atomic E-state index is -4.56. The number of hydrogen-bond donors (Lipinski definition) is 2. The number of nitrogens with one attached hydrogen (secondary N) is 1. The summed E-state index contributed by atoms with van der Waals surface area (Å²) in [5, 5.41) is 12.5. The van der Waals surface area contributed by atoms with Crippen molar-refractivity contribution < 1.29 is 32.6 Å². The first-order valence-corrected chi connectivity index (χ1v) is 7.81. The topological polar surface area (TPSA) is 101 Å². The number of aromatic hydroxyl groups is 1. The van der Waals surface area contributed by atoms with Crippen LogP contribution in [0.15, 0.2) is 24.5 Å². The molecule has 0 saturated carbocycles. The molecule has 7 nitrogen and oxygen atoms in total. The molecule has 0 atom stereocenters. The van der Waals surface area contributed by atoms with Gasteiger partial charge >= 0.3 is 12.1 Å². The number of carbonyl (C=O) groups excluding carboxylic acids is 2. The zero-order valence-electron chi connectivity index (χ0n) is 14.4. The molecule has 0 bridgehead atoms. The van der Waals surface area contributed by atoms with E-state index in [9.17, 15) is 27.9 Å². The number of hydrogen-bond acceptors (Lipinski definition) is 6. The molecule has 0 unspecified atom stereocenters. The molecule has 0 aliphatic rings. The molecule has 0 aliphatic carbocycles. The van der Waals surface area contributed by atoms with E-state index in [1.54, 1.807) is 6.92 Å². The van der Waals surface area contributed by atoms with Gasteiger partial charge in [0, 0.05) is 29.1 Å². The molecule has 1 amide bonds. The summed E-state index contributed by atoms with van der Waals surface area (Å²) in [6.45, 7) is 2.86. The van der Waals surface area contributed by atoms with Crippen LogP contribution < -0.4 is 5.32 Å². The van der Waals surface area contributed by atoms with Crippen molar-refractivity contribution in [2.45, 2.75) is 20.0 Å². The Morgan fingerprint density at radius 1 is 1.22 bits per heavy atom. The maximum Gasteiger partial charge on any atom is 0.433 e. The van der Waals surface area contributed by atoms with E-state index < -0.39 is 36.0 Å². The van der Waals surface area contributed by atoms with Gasteiger partial charge in [-0.05, 0) is 19.9 Å². The van der Waals surface area contributed by atoms with Gasteiger partial charge in [-0.25, -0.2) is 4.98 Å². The molecule has 2 N–H and O–H groups in total. The maximum absolute atomic E-state index is 12.6. The van der Waals surface area contributed by atoms with E-state index in [1.165, 1.54) is 19.2 Å². The summed E-state index contributed by atoms with van der Waals surface area (Å²) < 4.78 is 42.4. The number of rotatable bonds is 5. The molecule has 2 aromatic rings. The average molecular weight is 383 g/mol. The number of aromatic nitrogens is 2. The Balaban J connectivity index is 2.24. The van der Waals surface area contributed by atoms with Gasteiger partial charge in [0.1, 0.15) is 18.0 Å². The van der Waals surface area contributed by atoms with Crippen molar-refractivity contribution in [3.8, 4) is 16.9 Å². The third-order valence-corrected chi connectivity index (χ3v) is 3.58. The number of pyridine rings is 2. The van der Waals surface area contributed by atoms with Gasteiger partial charge in [0.15, 0.2) is 5.69 Å². The highest BCUT2D eigenvalue weighted by molar-refractivity contribution is 5.97. The summed E-state index contributed by atoms with van der Waals surface area (Å²) in [5.41, 5.74) is -0.526. The van der Waals surface area contributed by atoms with Crippen molar-refractivity contribution in [3.63, 3.8) is 0 Å². The summed E-state index contributed by atoms with van der Waals surface area (Å²) in [6, 6.07) is 2.01. The van der Waals surface area contributed by atoms with Crippen LogP contribution in [0.2, 0.25) is 0 Å². The number of ether oxygens (including phenoxy) is 1. The molecule has 0 aliphatic heterocycles. The first kappa shape index (κ1) is 20.1. The third-order valence-electron chi connectivity index (χ3n) is 3.58. The quantitative estimate of drug-likeness (QED) is 0.770. The summed E-state index contributed by atoms with van der Waals surface area (Å²) in [7, 11) is 0. The van der Waals surface area contributed by atoms with Crippen molar-refractivity contribution >= 4 is 11.9 Å². The van der Waals surface area contributed by atoms with Crippen LogP contribution in [0.1, 0.15) is 28.7 Å². The van der Waals surface area contributed by atoms with Crippen LogP contribution in [0.5, 0.6) is 5.75 Å². The van der Waals surface area contributed by atoms with Crippen molar-refractivity contribution in [1.82, 2.24) is 15.3 Å². The van der Waals surface area contributed by atoms with Crippen LogP contribution in [-0.2, 0) is 15.7 Å². The molecular formula is C17H16F3N3O4. The van der Waals surface area contributed by atoms with Crippen LogP contribution in [-0.4, -0.2) is 40.1 Å². The second kappa shape index (κ2) is 8.02. The van der Waals surface area contributed by atoms with Gasteiger partial charge in [-0.3, -0.25) is 14.6 Å². The van der Waals surface area contributed by atoms with Gasteiger partial charge in [0.05, 0.1) is 6.61 Å². The number of alkyl halides is 3. The van der Waals surface area contributed by atoms with E-state index in [-0.39, 0.29) is 17.9 Å². The van der Waals surface area contributed by atoms with Crippen molar-refractivity contribution in [1.29, 1.82) is 0 Å². The lowest BCUT2D eigenvalue weighted by molar-refractivity contribution is -0.142. The molecule has 2 aromatic heterocycles. The number of esters is 1. The Labute approximate surface area is 152 Å². The molecular weight excluding hydrogens is 367 g/mol. The standard InChI is InChI=1S/C17H16F3N3O4/c1-3-27-13(24)8-23-16(26)14-15(25)9(2)11(7-22-14)10-4-5-12(21-6-10)17(18,19)20/h4-7,25H,3,8H2,1-2H3,(H,23,26). The van der Waals surface area contributed by atoms with E-state index in [4.69, 9.17) is 0 Å². The number of halogens is 3. The van der Waals surface area contributed by atoms with Gasteiger partial charge in [-0.15, -0.1) is 0 Å². The van der Waals surface area contributed by atoms with Crippen molar-refractivity contribution in [2.24, 2.45) is 0 Å². The maximum atomic E-state index is 12.6. The van der Waals surface area contributed by atoms with E-state index in [0.29, 0.717) is 11.1 Å². The van der Waals surface area contributed by atoms with Crippen LogP contribution in [0.25, 0.3) is 11.1 Å². The fourth-order valence-corrected chi connectivity index (χ4v) is 2.22.